The van der Waals surface area contributed by atoms with Gasteiger partial charge in [0, 0.05) is 28.2 Å². The summed E-state index contributed by atoms with van der Waals surface area (Å²) in [6.45, 7) is 5.85. The lowest BCUT2D eigenvalue weighted by molar-refractivity contribution is -0.144. The van der Waals surface area contributed by atoms with Crippen LogP contribution in [0.3, 0.4) is 0 Å². The zero-order valence-electron chi connectivity index (χ0n) is 23.0. The normalized spacial score (nSPS) is 28.2. The Balaban J connectivity index is 1.47. The number of aliphatic hydroxyl groups is 2. The summed E-state index contributed by atoms with van der Waals surface area (Å²) < 4.78 is 13.7. The molecular weight excluding hydrogens is 529 g/mol. The van der Waals surface area contributed by atoms with Crippen molar-refractivity contribution >= 4 is 28.3 Å². The smallest absolute Gasteiger partial charge is 0.257 e. The van der Waals surface area contributed by atoms with Crippen LogP contribution in [0.5, 0.6) is 0 Å². The minimum absolute atomic E-state index is 0.0992. The Labute approximate surface area is 237 Å². The number of hydrogen-bond acceptors (Lipinski definition) is 6. The van der Waals surface area contributed by atoms with E-state index in [0.29, 0.717) is 24.4 Å². The molecule has 1 heterocycles. The molecule has 1 aromatic heterocycles. The van der Waals surface area contributed by atoms with Gasteiger partial charge in [-0.1, -0.05) is 50.2 Å². The fourth-order valence-electron chi connectivity index (χ4n) is 6.81. The third kappa shape index (κ3) is 5.18. The highest BCUT2D eigenvalue weighted by Gasteiger charge is 2.59. The first kappa shape index (κ1) is 28.4. The number of rotatable bonds is 7. The molecule has 6 unspecified atom stereocenters. The predicted molar refractivity (Wildman–Crippen MR) is 153 cm³/mol. The highest BCUT2D eigenvalue weighted by molar-refractivity contribution is 7.15. The Morgan fingerprint density at radius 3 is 2.62 bits per heavy atom. The molecule has 0 bridgehead atoms. The van der Waals surface area contributed by atoms with E-state index < -0.39 is 28.7 Å². The average molecular weight is 566 g/mol. The average Bonchev–Trinajstić information content (AvgIpc) is 3.34. The Morgan fingerprint density at radius 2 is 1.93 bits per heavy atom. The van der Waals surface area contributed by atoms with Crippen LogP contribution in [0.4, 0.5) is 9.52 Å². The molecule has 6 atom stereocenters. The van der Waals surface area contributed by atoms with Gasteiger partial charge in [0.25, 0.3) is 5.91 Å². The van der Waals surface area contributed by atoms with Crippen LogP contribution in [0.1, 0.15) is 78.5 Å². The maximum Gasteiger partial charge on any atom is 0.257 e. The topological polar surface area (TPSA) is 112 Å². The summed E-state index contributed by atoms with van der Waals surface area (Å²) in [5, 5.41) is 27.8. The molecule has 40 heavy (non-hydrogen) atoms. The van der Waals surface area contributed by atoms with Gasteiger partial charge in [-0.25, -0.2) is 9.37 Å². The van der Waals surface area contributed by atoms with Gasteiger partial charge in [-0.2, -0.15) is 0 Å². The molecule has 212 valence electrons. The molecule has 2 aliphatic carbocycles. The number of carbonyl (C=O) groups excluding carboxylic acids is 2. The summed E-state index contributed by atoms with van der Waals surface area (Å²) in [5.74, 6) is -1.45. The second-order valence-electron chi connectivity index (χ2n) is 11.7. The minimum Gasteiger partial charge on any atom is -0.396 e. The summed E-state index contributed by atoms with van der Waals surface area (Å²) in [4.78, 5) is 32.1. The van der Waals surface area contributed by atoms with Gasteiger partial charge in [0.1, 0.15) is 5.82 Å². The van der Waals surface area contributed by atoms with Gasteiger partial charge in [0.2, 0.25) is 5.91 Å². The maximum atomic E-state index is 13.7. The molecule has 2 aromatic carbocycles. The van der Waals surface area contributed by atoms with E-state index in [1.165, 1.54) is 35.6 Å². The number of thiazole rings is 1. The van der Waals surface area contributed by atoms with Crippen molar-refractivity contribution in [1.82, 2.24) is 10.3 Å². The van der Waals surface area contributed by atoms with Crippen LogP contribution in [0.25, 0.3) is 0 Å². The highest BCUT2D eigenvalue weighted by Crippen LogP contribution is 2.62. The van der Waals surface area contributed by atoms with Crippen LogP contribution >= 0.6 is 11.3 Å². The van der Waals surface area contributed by atoms with E-state index in [1.54, 1.807) is 0 Å². The van der Waals surface area contributed by atoms with Crippen molar-refractivity contribution in [3.05, 3.63) is 82.1 Å². The summed E-state index contributed by atoms with van der Waals surface area (Å²) >= 11 is 1.34. The monoisotopic (exact) mass is 565 g/mol. The van der Waals surface area contributed by atoms with Gasteiger partial charge in [-0.05, 0) is 61.3 Å². The fraction of sp³-hybridized carbons (Fsp3) is 0.452. The molecule has 0 aliphatic heterocycles. The second kappa shape index (κ2) is 11.0. The molecule has 1 saturated carbocycles. The lowest BCUT2D eigenvalue weighted by Gasteiger charge is -2.58. The van der Waals surface area contributed by atoms with Crippen molar-refractivity contribution in [2.45, 2.75) is 64.5 Å². The molecular formula is C31H36FN3O4S. The van der Waals surface area contributed by atoms with Gasteiger partial charge in [-0.3, -0.25) is 14.9 Å². The van der Waals surface area contributed by atoms with E-state index in [4.69, 9.17) is 4.98 Å². The number of benzene rings is 2. The van der Waals surface area contributed by atoms with Crippen molar-refractivity contribution in [3.63, 3.8) is 0 Å². The molecule has 1 fully saturated rings. The molecule has 0 saturated heterocycles. The second-order valence-corrected chi connectivity index (χ2v) is 12.8. The van der Waals surface area contributed by atoms with Gasteiger partial charge in [0.05, 0.1) is 24.4 Å². The van der Waals surface area contributed by atoms with Crippen LogP contribution in [0.2, 0.25) is 0 Å². The van der Waals surface area contributed by atoms with Crippen molar-refractivity contribution < 1.29 is 24.2 Å². The largest absolute Gasteiger partial charge is 0.396 e. The lowest BCUT2D eigenvalue weighted by atomic mass is 9.47. The number of hydrogen-bond donors (Lipinski definition) is 4. The van der Waals surface area contributed by atoms with Gasteiger partial charge >= 0.3 is 0 Å². The molecule has 2 amide bonds. The van der Waals surface area contributed by atoms with Crippen molar-refractivity contribution in [1.29, 1.82) is 0 Å². The Kier molecular flexibility index (Phi) is 7.83. The number of amides is 2. The van der Waals surface area contributed by atoms with E-state index in [0.717, 1.165) is 16.1 Å². The number of carbonyl (C=O) groups is 2. The first-order chi connectivity index (χ1) is 19.0. The van der Waals surface area contributed by atoms with Crippen LogP contribution in [-0.2, 0) is 11.2 Å². The molecule has 9 heteroatoms. The zero-order valence-corrected chi connectivity index (χ0v) is 23.8. The standard InChI is InChI=1S/C31H36FN3O4S/c1-18(19-8-5-4-6-9-19)33-26(38)15-22-27-23(16-24-30(22,2)13-12-25(37)31(24,3)17-36)40-29(34-27)35-28(39)20-10-7-11-21(32)14-20/h4-11,14,18,22,24-25,36-37H,12-13,15-17H2,1-3H3,(H,33,38)(H,34,35,39). The molecule has 3 aromatic rings. The van der Waals surface area contributed by atoms with Crippen molar-refractivity contribution in [2.24, 2.45) is 16.7 Å². The number of nitrogens with zero attached hydrogens (tertiary/aromatic N) is 1. The number of fused-ring (bicyclic) bond motifs is 2. The molecule has 7 nitrogen and oxygen atoms in total. The number of anilines is 1. The van der Waals surface area contributed by atoms with Crippen LogP contribution in [0, 0.1) is 22.6 Å². The van der Waals surface area contributed by atoms with E-state index in [-0.39, 0.29) is 42.4 Å². The van der Waals surface area contributed by atoms with E-state index in [9.17, 15) is 24.2 Å². The highest BCUT2D eigenvalue weighted by atomic mass is 32.1. The predicted octanol–water partition coefficient (Wildman–Crippen LogP) is 5.22. The molecule has 4 N–H and O–H groups in total. The van der Waals surface area contributed by atoms with Crippen LogP contribution in [-0.4, -0.2) is 39.7 Å². The quantitative estimate of drug-likeness (QED) is 0.314. The summed E-state index contributed by atoms with van der Waals surface area (Å²) in [5.41, 5.74) is 0.822. The minimum atomic E-state index is -0.744. The van der Waals surface area contributed by atoms with E-state index >= 15 is 0 Å². The van der Waals surface area contributed by atoms with E-state index in [2.05, 4.69) is 17.6 Å². The first-order valence-corrected chi connectivity index (χ1v) is 14.6. The van der Waals surface area contributed by atoms with Crippen LogP contribution < -0.4 is 10.6 Å². The number of aromatic nitrogens is 1. The number of nitrogens with one attached hydrogen (secondary N) is 2. The molecule has 0 spiro atoms. The summed E-state index contributed by atoms with van der Waals surface area (Å²) in [7, 11) is 0. The Morgan fingerprint density at radius 1 is 1.18 bits per heavy atom. The maximum absolute atomic E-state index is 13.7. The van der Waals surface area contributed by atoms with Gasteiger partial charge in [-0.15, -0.1) is 11.3 Å². The zero-order chi connectivity index (χ0) is 28.7. The van der Waals surface area contributed by atoms with E-state index in [1.807, 2.05) is 44.2 Å². The Bertz CT molecular complexity index is 1400. The van der Waals surface area contributed by atoms with Gasteiger partial charge in [0.15, 0.2) is 5.13 Å². The molecule has 0 radical (unpaired) electrons. The fourth-order valence-corrected chi connectivity index (χ4v) is 7.87. The Hall–Kier alpha value is -3.14. The molecule has 5 rings (SSSR count). The summed E-state index contributed by atoms with van der Waals surface area (Å²) in [6, 6.07) is 15.1. The van der Waals surface area contributed by atoms with Gasteiger partial charge < -0.3 is 15.5 Å². The molecule has 2 aliphatic rings. The third-order valence-electron chi connectivity index (χ3n) is 9.27. The number of halogens is 1. The third-order valence-corrected chi connectivity index (χ3v) is 10.3. The summed E-state index contributed by atoms with van der Waals surface area (Å²) in [6.07, 6.45) is 1.31. The van der Waals surface area contributed by atoms with Crippen molar-refractivity contribution in [2.75, 3.05) is 11.9 Å². The number of aliphatic hydroxyl groups excluding tert-OH is 2. The first-order valence-electron chi connectivity index (χ1n) is 13.7. The van der Waals surface area contributed by atoms with Crippen molar-refractivity contribution in [3.8, 4) is 0 Å². The SMILES string of the molecule is CC(NC(=O)CC1c2nc(NC(=O)c3cccc(F)c3)sc2CC2C(C)(CO)C(O)CCC12C)c1ccccc1. The van der Waals surface area contributed by atoms with Crippen LogP contribution in [0.15, 0.2) is 54.6 Å². The lowest BCUT2D eigenvalue weighted by Crippen LogP contribution is -2.57.